The minimum atomic E-state index is 0.480. The summed E-state index contributed by atoms with van der Waals surface area (Å²) in [6, 6.07) is 7.48. The van der Waals surface area contributed by atoms with Crippen LogP contribution in [-0.2, 0) is 6.54 Å². The summed E-state index contributed by atoms with van der Waals surface area (Å²) in [5, 5.41) is 0.697. The molecule has 1 heterocycles. The summed E-state index contributed by atoms with van der Waals surface area (Å²) in [6.45, 7) is 4.38. The maximum atomic E-state index is 5.91. The van der Waals surface area contributed by atoms with Crippen molar-refractivity contribution >= 4 is 11.6 Å². The Morgan fingerprint density at radius 1 is 1.22 bits per heavy atom. The third-order valence-corrected chi connectivity index (χ3v) is 2.90. The van der Waals surface area contributed by atoms with Crippen LogP contribution in [0.3, 0.4) is 0 Å². The van der Waals surface area contributed by atoms with Gasteiger partial charge in [-0.1, -0.05) is 11.6 Å². The predicted molar refractivity (Wildman–Crippen MR) is 73.1 cm³/mol. The first-order chi connectivity index (χ1) is 8.60. The van der Waals surface area contributed by atoms with Crippen LogP contribution in [0.1, 0.15) is 16.7 Å². The van der Waals surface area contributed by atoms with Crippen molar-refractivity contribution in [3.05, 3.63) is 52.2 Å². The summed E-state index contributed by atoms with van der Waals surface area (Å²) in [5.74, 6) is 1.35. The SMILES string of the molecule is Cc1cc(Cl)ccc1Oc1ncc(CN)cc1C. The predicted octanol–water partition coefficient (Wildman–Crippen LogP) is 3.60. The Bertz CT molecular complexity index is 570. The van der Waals surface area contributed by atoms with E-state index in [4.69, 9.17) is 22.1 Å². The fourth-order valence-electron chi connectivity index (χ4n) is 1.67. The molecule has 0 saturated heterocycles. The average Bonchev–Trinajstić information content (AvgIpc) is 2.34. The van der Waals surface area contributed by atoms with E-state index in [1.54, 1.807) is 12.3 Å². The van der Waals surface area contributed by atoms with Crippen molar-refractivity contribution in [3.63, 3.8) is 0 Å². The van der Waals surface area contributed by atoms with E-state index in [1.807, 2.05) is 32.0 Å². The van der Waals surface area contributed by atoms with Gasteiger partial charge in [-0.05, 0) is 49.2 Å². The molecule has 94 valence electrons. The molecule has 0 atom stereocenters. The monoisotopic (exact) mass is 262 g/mol. The molecule has 0 amide bonds. The first-order valence-electron chi connectivity index (χ1n) is 5.69. The van der Waals surface area contributed by atoms with Crippen LogP contribution in [0.5, 0.6) is 11.6 Å². The van der Waals surface area contributed by atoms with Gasteiger partial charge in [0.15, 0.2) is 0 Å². The summed E-state index contributed by atoms with van der Waals surface area (Å²) in [4.78, 5) is 4.27. The Kier molecular flexibility index (Phi) is 3.84. The number of aromatic nitrogens is 1. The molecule has 0 radical (unpaired) electrons. The van der Waals surface area contributed by atoms with Crippen molar-refractivity contribution in [2.75, 3.05) is 0 Å². The number of hydrogen-bond donors (Lipinski definition) is 1. The van der Waals surface area contributed by atoms with Gasteiger partial charge in [0.2, 0.25) is 5.88 Å². The molecule has 0 unspecified atom stereocenters. The second kappa shape index (κ2) is 5.38. The van der Waals surface area contributed by atoms with Crippen LogP contribution in [0.4, 0.5) is 0 Å². The molecule has 0 fully saturated rings. The van der Waals surface area contributed by atoms with Crippen molar-refractivity contribution in [1.82, 2.24) is 4.98 Å². The highest BCUT2D eigenvalue weighted by atomic mass is 35.5. The molecule has 0 spiro atoms. The highest BCUT2D eigenvalue weighted by Crippen LogP contribution is 2.28. The lowest BCUT2D eigenvalue weighted by molar-refractivity contribution is 0.455. The standard InChI is InChI=1S/C14H15ClN2O/c1-9-6-12(15)3-4-13(9)18-14-10(2)5-11(7-16)8-17-14/h3-6,8H,7,16H2,1-2H3. The van der Waals surface area contributed by atoms with Crippen LogP contribution >= 0.6 is 11.6 Å². The Labute approximate surface area is 112 Å². The second-order valence-electron chi connectivity index (χ2n) is 4.18. The first kappa shape index (κ1) is 12.9. The number of nitrogens with two attached hydrogens (primary N) is 1. The Morgan fingerprint density at radius 3 is 2.61 bits per heavy atom. The summed E-state index contributed by atoms with van der Waals surface area (Å²) >= 11 is 5.91. The molecule has 2 rings (SSSR count). The van der Waals surface area contributed by atoms with Crippen LogP contribution in [0.2, 0.25) is 5.02 Å². The van der Waals surface area contributed by atoms with E-state index >= 15 is 0 Å². The van der Waals surface area contributed by atoms with Gasteiger partial charge in [-0.2, -0.15) is 0 Å². The molecule has 0 aliphatic carbocycles. The molecule has 0 bridgehead atoms. The van der Waals surface area contributed by atoms with Gasteiger partial charge in [0.25, 0.3) is 0 Å². The van der Waals surface area contributed by atoms with Gasteiger partial charge >= 0.3 is 0 Å². The number of aryl methyl sites for hydroxylation is 2. The van der Waals surface area contributed by atoms with Crippen molar-refractivity contribution in [2.24, 2.45) is 5.73 Å². The maximum Gasteiger partial charge on any atom is 0.222 e. The van der Waals surface area contributed by atoms with Crippen LogP contribution in [0.15, 0.2) is 30.5 Å². The molecule has 1 aromatic heterocycles. The molecule has 4 heteroatoms. The van der Waals surface area contributed by atoms with Gasteiger partial charge in [0.05, 0.1) is 0 Å². The van der Waals surface area contributed by atoms with Crippen LogP contribution in [0, 0.1) is 13.8 Å². The van der Waals surface area contributed by atoms with Crippen molar-refractivity contribution < 1.29 is 4.74 Å². The maximum absolute atomic E-state index is 5.91. The Balaban J connectivity index is 2.28. The zero-order valence-corrected chi connectivity index (χ0v) is 11.2. The van der Waals surface area contributed by atoms with E-state index in [0.717, 1.165) is 22.4 Å². The molecular weight excluding hydrogens is 248 g/mol. The fraction of sp³-hybridized carbons (Fsp3) is 0.214. The van der Waals surface area contributed by atoms with Crippen molar-refractivity contribution in [3.8, 4) is 11.6 Å². The van der Waals surface area contributed by atoms with Gasteiger partial charge in [-0.15, -0.1) is 0 Å². The van der Waals surface area contributed by atoms with Gasteiger partial charge < -0.3 is 10.5 Å². The van der Waals surface area contributed by atoms with E-state index in [1.165, 1.54) is 0 Å². The van der Waals surface area contributed by atoms with Gasteiger partial charge in [0.1, 0.15) is 5.75 Å². The van der Waals surface area contributed by atoms with Gasteiger partial charge in [-0.3, -0.25) is 0 Å². The number of benzene rings is 1. The van der Waals surface area contributed by atoms with Crippen LogP contribution in [0.25, 0.3) is 0 Å². The number of pyridine rings is 1. The molecule has 2 aromatic rings. The van der Waals surface area contributed by atoms with E-state index < -0.39 is 0 Å². The zero-order chi connectivity index (χ0) is 13.1. The average molecular weight is 263 g/mol. The van der Waals surface area contributed by atoms with Crippen LogP contribution < -0.4 is 10.5 Å². The number of hydrogen-bond acceptors (Lipinski definition) is 3. The smallest absolute Gasteiger partial charge is 0.222 e. The Morgan fingerprint density at radius 2 is 2.00 bits per heavy atom. The number of nitrogens with zero attached hydrogens (tertiary/aromatic N) is 1. The summed E-state index contributed by atoms with van der Waals surface area (Å²) in [5.41, 5.74) is 8.50. The minimum Gasteiger partial charge on any atom is -0.438 e. The van der Waals surface area contributed by atoms with E-state index in [9.17, 15) is 0 Å². The fourth-order valence-corrected chi connectivity index (χ4v) is 1.90. The largest absolute Gasteiger partial charge is 0.438 e. The summed E-state index contributed by atoms with van der Waals surface area (Å²) in [6.07, 6.45) is 1.73. The van der Waals surface area contributed by atoms with Crippen molar-refractivity contribution in [1.29, 1.82) is 0 Å². The van der Waals surface area contributed by atoms with E-state index in [0.29, 0.717) is 17.4 Å². The lowest BCUT2D eigenvalue weighted by Gasteiger charge is -2.10. The highest BCUT2D eigenvalue weighted by Gasteiger charge is 2.06. The number of rotatable bonds is 3. The lowest BCUT2D eigenvalue weighted by Crippen LogP contribution is -1.99. The van der Waals surface area contributed by atoms with Crippen molar-refractivity contribution in [2.45, 2.75) is 20.4 Å². The van der Waals surface area contributed by atoms with Gasteiger partial charge in [0, 0.05) is 23.3 Å². The zero-order valence-electron chi connectivity index (χ0n) is 10.4. The second-order valence-corrected chi connectivity index (χ2v) is 4.62. The lowest BCUT2D eigenvalue weighted by atomic mass is 10.2. The third-order valence-electron chi connectivity index (χ3n) is 2.67. The highest BCUT2D eigenvalue weighted by molar-refractivity contribution is 6.30. The molecule has 3 nitrogen and oxygen atoms in total. The quantitative estimate of drug-likeness (QED) is 0.919. The number of halogens is 1. The third kappa shape index (κ3) is 2.81. The molecule has 1 aromatic carbocycles. The molecule has 2 N–H and O–H groups in total. The molecular formula is C14H15ClN2O. The molecule has 18 heavy (non-hydrogen) atoms. The minimum absolute atomic E-state index is 0.480. The number of ether oxygens (including phenoxy) is 1. The first-order valence-corrected chi connectivity index (χ1v) is 6.07. The molecule has 0 aliphatic rings. The topological polar surface area (TPSA) is 48.1 Å². The van der Waals surface area contributed by atoms with Crippen LogP contribution in [-0.4, -0.2) is 4.98 Å². The van der Waals surface area contributed by atoms with E-state index in [2.05, 4.69) is 4.98 Å². The van der Waals surface area contributed by atoms with E-state index in [-0.39, 0.29) is 0 Å². The normalized spacial score (nSPS) is 10.4. The molecule has 0 saturated carbocycles. The summed E-state index contributed by atoms with van der Waals surface area (Å²) in [7, 11) is 0. The Hall–Kier alpha value is -1.58. The van der Waals surface area contributed by atoms with Gasteiger partial charge in [-0.25, -0.2) is 4.98 Å². The molecule has 0 aliphatic heterocycles. The summed E-state index contributed by atoms with van der Waals surface area (Å²) < 4.78 is 5.78.